The Morgan fingerprint density at radius 3 is 0.806 bits per heavy atom. The average Bonchev–Trinajstić information content (AvgIpc) is 2.85. The maximum absolute atomic E-state index is 15.3. The minimum Gasteiger partial charge on any atom is -0.313 e. The van der Waals surface area contributed by atoms with Gasteiger partial charge in [-0.2, -0.15) is 0 Å². The van der Waals surface area contributed by atoms with Crippen LogP contribution in [0.15, 0.2) is 121 Å². The Balaban J connectivity index is 2.08. The molecule has 4 aromatic carbocycles. The molecule has 0 saturated heterocycles. The van der Waals surface area contributed by atoms with Crippen LogP contribution < -0.4 is 21.2 Å². The first-order valence-corrected chi connectivity index (χ1v) is 13.8. The van der Waals surface area contributed by atoms with Crippen LogP contribution in [0.4, 0.5) is 0 Å². The Labute approximate surface area is 184 Å². The molecule has 0 aromatic heterocycles. The van der Waals surface area contributed by atoms with Crippen LogP contribution in [0.25, 0.3) is 0 Å². The van der Waals surface area contributed by atoms with Crippen molar-refractivity contribution in [2.75, 3.05) is 0 Å². The van der Waals surface area contributed by atoms with Crippen LogP contribution in [0, 0.1) is 0 Å². The summed E-state index contributed by atoms with van der Waals surface area (Å²) < 4.78 is 30.5. The van der Waals surface area contributed by atoms with E-state index in [-0.39, 0.29) is 0 Å². The summed E-state index contributed by atoms with van der Waals surface area (Å²) in [4.78, 5) is -1.06. The molecule has 4 heteroatoms. The highest BCUT2D eigenvalue weighted by Gasteiger charge is 2.56. The van der Waals surface area contributed by atoms with Crippen molar-refractivity contribution in [2.45, 2.75) is 18.7 Å². The summed E-state index contributed by atoms with van der Waals surface area (Å²) in [6.07, 6.45) is 0. The first-order valence-electron chi connectivity index (χ1n) is 10.3. The van der Waals surface area contributed by atoms with E-state index in [0.717, 1.165) is 21.2 Å². The number of rotatable bonds is 6. The van der Waals surface area contributed by atoms with E-state index < -0.39 is 19.2 Å². The van der Waals surface area contributed by atoms with Gasteiger partial charge >= 0.3 is 0 Å². The fourth-order valence-electron chi connectivity index (χ4n) is 4.31. The summed E-state index contributed by atoms with van der Waals surface area (Å²) in [7, 11) is -6.69. The van der Waals surface area contributed by atoms with E-state index in [1.54, 1.807) is 0 Å². The normalized spacial score (nSPS) is 12.5. The monoisotopic (exact) mass is 444 g/mol. The fourth-order valence-corrected chi connectivity index (χ4v) is 12.8. The van der Waals surface area contributed by atoms with E-state index in [4.69, 9.17) is 0 Å². The molecule has 0 unspecified atom stereocenters. The van der Waals surface area contributed by atoms with Gasteiger partial charge in [0.05, 0.1) is 4.90 Å². The van der Waals surface area contributed by atoms with Crippen LogP contribution in [-0.2, 0) is 9.13 Å². The molecule has 4 rings (SSSR count). The molecule has 156 valence electrons. The zero-order chi connectivity index (χ0) is 22.0. The molecule has 0 bridgehead atoms. The van der Waals surface area contributed by atoms with Gasteiger partial charge in [0.1, 0.15) is 0 Å². The highest BCUT2D eigenvalue weighted by Crippen LogP contribution is 2.73. The second kappa shape index (κ2) is 8.46. The zero-order valence-corrected chi connectivity index (χ0v) is 19.5. The minimum atomic E-state index is -3.34. The Bertz CT molecular complexity index is 1050. The molecule has 0 heterocycles. The van der Waals surface area contributed by atoms with Gasteiger partial charge in [-0.15, -0.1) is 0 Å². The largest absolute Gasteiger partial charge is 0.313 e. The maximum Gasteiger partial charge on any atom is 0.156 e. The summed E-state index contributed by atoms with van der Waals surface area (Å²) in [5, 5.41) is 2.88. The van der Waals surface area contributed by atoms with Gasteiger partial charge in [-0.3, -0.25) is 0 Å². The second-order valence-electron chi connectivity index (χ2n) is 8.06. The topological polar surface area (TPSA) is 34.1 Å². The molecule has 0 spiro atoms. The van der Waals surface area contributed by atoms with Gasteiger partial charge in [-0.05, 0) is 13.8 Å². The lowest BCUT2D eigenvalue weighted by Gasteiger charge is -2.42. The molecule has 31 heavy (non-hydrogen) atoms. The van der Waals surface area contributed by atoms with Gasteiger partial charge in [0.25, 0.3) is 0 Å². The van der Waals surface area contributed by atoms with Gasteiger partial charge in [-0.1, -0.05) is 121 Å². The lowest BCUT2D eigenvalue weighted by atomic mass is 10.4. The molecule has 0 saturated carbocycles. The Kier molecular flexibility index (Phi) is 5.89. The van der Waals surface area contributed by atoms with Gasteiger partial charge in [0.2, 0.25) is 0 Å². The van der Waals surface area contributed by atoms with E-state index in [0.29, 0.717) is 0 Å². The quantitative estimate of drug-likeness (QED) is 0.355. The van der Waals surface area contributed by atoms with E-state index in [1.807, 2.05) is 135 Å². The number of benzene rings is 4. The number of hydrogen-bond acceptors (Lipinski definition) is 2. The summed E-state index contributed by atoms with van der Waals surface area (Å²) in [6, 6.07) is 38.1. The predicted molar refractivity (Wildman–Crippen MR) is 134 cm³/mol. The van der Waals surface area contributed by atoms with E-state index in [9.17, 15) is 0 Å². The third-order valence-electron chi connectivity index (χ3n) is 6.02. The van der Waals surface area contributed by atoms with E-state index in [2.05, 4.69) is 0 Å². The third kappa shape index (κ3) is 3.45. The Morgan fingerprint density at radius 2 is 0.613 bits per heavy atom. The highest BCUT2D eigenvalue weighted by atomic mass is 31.2. The third-order valence-corrected chi connectivity index (χ3v) is 14.9. The standard InChI is InChI=1S/C27H26O2P2/c1-27(2,30(28,23-15-7-3-8-16-23)24-17-9-4-10-18-24)31(29,25-19-11-5-12-20-25)26-21-13-6-14-22-26/h3-22H,1-2H3. The van der Waals surface area contributed by atoms with Gasteiger partial charge in [0, 0.05) is 21.2 Å². The van der Waals surface area contributed by atoms with Crippen LogP contribution in [-0.4, -0.2) is 4.90 Å². The average molecular weight is 444 g/mol. The van der Waals surface area contributed by atoms with Crippen LogP contribution >= 0.6 is 14.3 Å². The van der Waals surface area contributed by atoms with E-state index >= 15 is 9.13 Å². The molecule has 4 aromatic rings. The number of hydrogen-bond donors (Lipinski definition) is 0. The van der Waals surface area contributed by atoms with Crippen molar-refractivity contribution >= 4 is 35.5 Å². The van der Waals surface area contributed by atoms with Crippen molar-refractivity contribution in [3.63, 3.8) is 0 Å². The van der Waals surface area contributed by atoms with Gasteiger partial charge in [0.15, 0.2) is 14.3 Å². The van der Waals surface area contributed by atoms with Crippen LogP contribution in [0.2, 0.25) is 0 Å². The van der Waals surface area contributed by atoms with Gasteiger partial charge < -0.3 is 9.13 Å². The maximum atomic E-state index is 15.3. The Hall–Kier alpha value is -2.66. The van der Waals surface area contributed by atoms with Crippen molar-refractivity contribution in [1.29, 1.82) is 0 Å². The van der Waals surface area contributed by atoms with Gasteiger partial charge in [-0.25, -0.2) is 0 Å². The molecule has 0 aliphatic carbocycles. The van der Waals surface area contributed by atoms with E-state index in [1.165, 1.54) is 0 Å². The SMILES string of the molecule is CC(C)(P(=O)(c1ccccc1)c1ccccc1)P(=O)(c1ccccc1)c1ccccc1. The molecular weight excluding hydrogens is 418 g/mol. The van der Waals surface area contributed by atoms with Crippen LogP contribution in [0.1, 0.15) is 13.8 Å². The van der Waals surface area contributed by atoms with Crippen molar-refractivity contribution < 1.29 is 9.13 Å². The van der Waals surface area contributed by atoms with Crippen molar-refractivity contribution in [3.8, 4) is 0 Å². The molecule has 0 N–H and O–H groups in total. The molecule has 0 amide bonds. The van der Waals surface area contributed by atoms with Crippen LogP contribution in [0.3, 0.4) is 0 Å². The minimum absolute atomic E-state index is 0.721. The van der Waals surface area contributed by atoms with Crippen LogP contribution in [0.5, 0.6) is 0 Å². The summed E-state index contributed by atoms with van der Waals surface area (Å²) in [5.74, 6) is 0. The summed E-state index contributed by atoms with van der Waals surface area (Å²) in [5.41, 5.74) is 0. The second-order valence-corrected chi connectivity index (χ2v) is 15.1. The lowest BCUT2D eigenvalue weighted by Crippen LogP contribution is -2.39. The molecule has 0 aliphatic rings. The molecule has 2 nitrogen and oxygen atoms in total. The predicted octanol–water partition coefficient (Wildman–Crippen LogP) is 5.75. The fraction of sp³-hybridized carbons (Fsp3) is 0.111. The summed E-state index contributed by atoms with van der Waals surface area (Å²) >= 11 is 0. The molecule has 0 atom stereocenters. The van der Waals surface area contributed by atoms with Crippen molar-refractivity contribution in [3.05, 3.63) is 121 Å². The smallest absolute Gasteiger partial charge is 0.156 e. The zero-order valence-electron chi connectivity index (χ0n) is 17.8. The van der Waals surface area contributed by atoms with Crippen molar-refractivity contribution in [1.82, 2.24) is 0 Å². The molecule has 0 aliphatic heterocycles. The van der Waals surface area contributed by atoms with Crippen molar-refractivity contribution in [2.24, 2.45) is 0 Å². The molecule has 0 fully saturated rings. The summed E-state index contributed by atoms with van der Waals surface area (Å²) in [6.45, 7) is 3.82. The molecule has 0 radical (unpaired) electrons. The first kappa shape index (κ1) is 21.6. The molecular formula is C27H26O2P2. The highest BCUT2D eigenvalue weighted by molar-refractivity contribution is 7.96. The lowest BCUT2D eigenvalue weighted by molar-refractivity contribution is 0.560. The Morgan fingerprint density at radius 1 is 0.419 bits per heavy atom. The first-order chi connectivity index (χ1) is 14.9.